The van der Waals surface area contributed by atoms with Crippen molar-refractivity contribution in [2.75, 3.05) is 7.11 Å². The number of methoxy groups -OCH3 is 1. The van der Waals surface area contributed by atoms with Crippen LogP contribution < -0.4 is 10.3 Å². The largest absolute Gasteiger partial charge is 0.497 e. The Morgan fingerprint density at radius 1 is 0.909 bits per heavy atom. The number of ether oxygens (including phenoxy) is 1. The standard InChI is InChI=1S/C24H19ClN4O3S/c1-15-7-9-16(10-8-15)28-22(30)21(27-26-20-6-4-3-5-19(20)25)23(31)29(24(28)33)17-11-13-18(32-2)14-12-17/h3-14,30H,1-2H3. The maximum atomic E-state index is 13.4. The number of aryl methyl sites for hydroxylation is 1. The van der Waals surface area contributed by atoms with Gasteiger partial charge in [0.2, 0.25) is 11.6 Å². The summed E-state index contributed by atoms with van der Waals surface area (Å²) in [5, 5.41) is 19.6. The summed E-state index contributed by atoms with van der Waals surface area (Å²) in [6, 6.07) is 21.0. The van der Waals surface area contributed by atoms with Gasteiger partial charge in [0.25, 0.3) is 5.56 Å². The molecule has 0 aliphatic rings. The second-order valence-corrected chi connectivity index (χ2v) is 7.89. The van der Waals surface area contributed by atoms with Crippen LogP contribution >= 0.6 is 23.8 Å². The van der Waals surface area contributed by atoms with Crippen LogP contribution in [-0.2, 0) is 0 Å². The zero-order valence-corrected chi connectivity index (χ0v) is 19.3. The molecule has 0 fully saturated rings. The van der Waals surface area contributed by atoms with Crippen molar-refractivity contribution in [1.82, 2.24) is 9.13 Å². The zero-order chi connectivity index (χ0) is 23.5. The molecule has 1 heterocycles. The molecule has 1 aromatic heterocycles. The molecule has 9 heteroatoms. The van der Waals surface area contributed by atoms with Gasteiger partial charge in [-0.05, 0) is 67.7 Å². The second-order valence-electron chi connectivity index (χ2n) is 7.12. The Kier molecular flexibility index (Phi) is 6.39. The molecule has 1 N–H and O–H groups in total. The first-order valence-electron chi connectivity index (χ1n) is 9.89. The van der Waals surface area contributed by atoms with E-state index in [-0.39, 0.29) is 10.5 Å². The van der Waals surface area contributed by atoms with E-state index in [1.807, 2.05) is 19.1 Å². The summed E-state index contributed by atoms with van der Waals surface area (Å²) in [7, 11) is 1.55. The molecule has 33 heavy (non-hydrogen) atoms. The summed E-state index contributed by atoms with van der Waals surface area (Å²) in [6.45, 7) is 1.95. The zero-order valence-electron chi connectivity index (χ0n) is 17.8. The van der Waals surface area contributed by atoms with Crippen LogP contribution in [0.25, 0.3) is 11.4 Å². The molecule has 0 saturated heterocycles. The highest BCUT2D eigenvalue weighted by Gasteiger charge is 2.19. The van der Waals surface area contributed by atoms with Crippen molar-refractivity contribution in [3.63, 3.8) is 0 Å². The van der Waals surface area contributed by atoms with Gasteiger partial charge in [-0.3, -0.25) is 13.9 Å². The lowest BCUT2D eigenvalue weighted by atomic mass is 10.2. The van der Waals surface area contributed by atoms with E-state index in [9.17, 15) is 9.90 Å². The lowest BCUT2D eigenvalue weighted by Gasteiger charge is -2.16. The van der Waals surface area contributed by atoms with Gasteiger partial charge < -0.3 is 9.84 Å². The quantitative estimate of drug-likeness (QED) is 0.264. The Morgan fingerprint density at radius 2 is 1.52 bits per heavy atom. The Morgan fingerprint density at radius 3 is 2.15 bits per heavy atom. The Balaban J connectivity index is 2.00. The predicted molar refractivity (Wildman–Crippen MR) is 131 cm³/mol. The molecule has 7 nitrogen and oxygen atoms in total. The van der Waals surface area contributed by atoms with E-state index in [2.05, 4.69) is 10.2 Å². The van der Waals surface area contributed by atoms with E-state index >= 15 is 0 Å². The molecule has 166 valence electrons. The van der Waals surface area contributed by atoms with Crippen molar-refractivity contribution in [2.45, 2.75) is 6.92 Å². The number of rotatable bonds is 5. The Hall–Kier alpha value is -3.75. The first-order valence-corrected chi connectivity index (χ1v) is 10.7. The molecule has 0 amide bonds. The van der Waals surface area contributed by atoms with Crippen LogP contribution in [0.5, 0.6) is 11.6 Å². The van der Waals surface area contributed by atoms with E-state index in [0.717, 1.165) is 5.56 Å². The third kappa shape index (κ3) is 4.44. The van der Waals surface area contributed by atoms with Gasteiger partial charge in [-0.1, -0.05) is 41.4 Å². The molecule has 0 spiro atoms. The van der Waals surface area contributed by atoms with Gasteiger partial charge >= 0.3 is 0 Å². The highest BCUT2D eigenvalue weighted by atomic mass is 35.5. The molecule has 0 bridgehead atoms. The molecule has 0 saturated carbocycles. The van der Waals surface area contributed by atoms with Crippen molar-refractivity contribution in [2.24, 2.45) is 10.2 Å². The summed E-state index contributed by atoms with van der Waals surface area (Å²) in [4.78, 5) is 13.4. The monoisotopic (exact) mass is 478 g/mol. The van der Waals surface area contributed by atoms with Crippen molar-refractivity contribution in [3.8, 4) is 23.0 Å². The summed E-state index contributed by atoms with van der Waals surface area (Å²) in [6.07, 6.45) is 0. The average Bonchev–Trinajstić information content (AvgIpc) is 2.82. The predicted octanol–water partition coefficient (Wildman–Crippen LogP) is 6.45. The van der Waals surface area contributed by atoms with E-state index in [0.29, 0.717) is 27.8 Å². The van der Waals surface area contributed by atoms with Gasteiger partial charge in [0, 0.05) is 0 Å². The fourth-order valence-electron chi connectivity index (χ4n) is 3.19. The van der Waals surface area contributed by atoms with E-state index < -0.39 is 11.4 Å². The molecule has 0 aliphatic heterocycles. The van der Waals surface area contributed by atoms with Crippen LogP contribution in [0, 0.1) is 11.7 Å². The van der Waals surface area contributed by atoms with E-state index in [1.165, 1.54) is 9.13 Å². The van der Waals surface area contributed by atoms with Gasteiger partial charge in [0.1, 0.15) is 11.4 Å². The number of aromatic hydroxyl groups is 1. The minimum Gasteiger partial charge on any atom is -0.497 e. The third-order valence-corrected chi connectivity index (χ3v) is 5.63. The third-order valence-electron chi connectivity index (χ3n) is 4.94. The summed E-state index contributed by atoms with van der Waals surface area (Å²) in [5.41, 5.74) is 1.55. The number of hydrogen-bond acceptors (Lipinski definition) is 6. The van der Waals surface area contributed by atoms with E-state index in [4.69, 9.17) is 28.6 Å². The number of aromatic nitrogens is 2. The van der Waals surface area contributed by atoms with Crippen molar-refractivity contribution in [1.29, 1.82) is 0 Å². The molecule has 0 radical (unpaired) electrons. The second kappa shape index (κ2) is 9.40. The van der Waals surface area contributed by atoms with Crippen LogP contribution in [0.2, 0.25) is 5.02 Å². The fourth-order valence-corrected chi connectivity index (χ4v) is 3.75. The number of azo groups is 1. The maximum Gasteiger partial charge on any atom is 0.290 e. The fraction of sp³-hybridized carbons (Fsp3) is 0.0833. The smallest absolute Gasteiger partial charge is 0.290 e. The van der Waals surface area contributed by atoms with Crippen LogP contribution in [0.1, 0.15) is 5.56 Å². The minimum atomic E-state index is -0.623. The first kappa shape index (κ1) is 22.4. The lowest BCUT2D eigenvalue weighted by Crippen LogP contribution is -2.23. The Bertz CT molecular complexity index is 1460. The van der Waals surface area contributed by atoms with Gasteiger partial charge in [0.15, 0.2) is 4.77 Å². The van der Waals surface area contributed by atoms with Gasteiger partial charge in [-0.2, -0.15) is 0 Å². The molecule has 4 rings (SSSR count). The maximum absolute atomic E-state index is 13.4. The summed E-state index contributed by atoms with van der Waals surface area (Å²) >= 11 is 11.8. The van der Waals surface area contributed by atoms with Crippen LogP contribution in [0.3, 0.4) is 0 Å². The van der Waals surface area contributed by atoms with Crippen LogP contribution in [0.4, 0.5) is 11.4 Å². The van der Waals surface area contributed by atoms with Crippen molar-refractivity contribution in [3.05, 3.63) is 98.5 Å². The molecule has 4 aromatic rings. The number of hydrogen-bond donors (Lipinski definition) is 1. The van der Waals surface area contributed by atoms with Crippen LogP contribution in [-0.4, -0.2) is 21.4 Å². The lowest BCUT2D eigenvalue weighted by molar-refractivity contribution is 0.414. The SMILES string of the molecule is COc1ccc(-n2c(=O)c(N=Nc3ccccc3Cl)c(O)n(-c3ccc(C)cc3)c2=S)cc1. The van der Waals surface area contributed by atoms with E-state index in [1.54, 1.807) is 67.8 Å². The van der Waals surface area contributed by atoms with Gasteiger partial charge in [0.05, 0.1) is 23.5 Å². The molecule has 0 unspecified atom stereocenters. The Labute approximate surface area is 199 Å². The minimum absolute atomic E-state index is 0.0724. The molecule has 3 aromatic carbocycles. The normalized spacial score (nSPS) is 11.1. The van der Waals surface area contributed by atoms with Crippen molar-refractivity contribution < 1.29 is 9.84 Å². The average molecular weight is 479 g/mol. The molecule has 0 aliphatic carbocycles. The molecule has 0 atom stereocenters. The summed E-state index contributed by atoms with van der Waals surface area (Å²) in [5.74, 6) is 0.205. The molecular formula is C24H19ClN4O3S. The van der Waals surface area contributed by atoms with Crippen LogP contribution in [0.15, 0.2) is 87.8 Å². The topological polar surface area (TPSA) is 81.1 Å². The summed E-state index contributed by atoms with van der Waals surface area (Å²) < 4.78 is 7.94. The molecular weight excluding hydrogens is 460 g/mol. The first-order chi connectivity index (χ1) is 15.9. The van der Waals surface area contributed by atoms with Crippen molar-refractivity contribution >= 4 is 35.2 Å². The number of benzene rings is 3. The number of nitrogens with zero attached hydrogens (tertiary/aromatic N) is 4. The van der Waals surface area contributed by atoms with Gasteiger partial charge in [-0.25, -0.2) is 0 Å². The van der Waals surface area contributed by atoms with Gasteiger partial charge in [-0.15, -0.1) is 10.2 Å². The number of halogens is 1. The highest BCUT2D eigenvalue weighted by Crippen LogP contribution is 2.31. The highest BCUT2D eigenvalue weighted by molar-refractivity contribution is 7.71.